The molecule has 4 atom stereocenters. The maximum atomic E-state index is 2.38. The van der Waals surface area contributed by atoms with Gasteiger partial charge in [-0.2, -0.15) is 0 Å². The van der Waals surface area contributed by atoms with Crippen LogP contribution in [0.5, 0.6) is 0 Å². The average Bonchev–Trinajstić information content (AvgIpc) is 2.79. The first-order chi connectivity index (χ1) is 6.36. The van der Waals surface area contributed by atoms with Gasteiger partial charge in [-0.15, -0.1) is 0 Å². The molecule has 0 heteroatoms. The van der Waals surface area contributed by atoms with Gasteiger partial charge in [0, 0.05) is 0 Å². The highest BCUT2D eigenvalue weighted by molar-refractivity contribution is 4.94. The molecule has 2 bridgehead atoms. The minimum atomic E-state index is 1.11. The summed E-state index contributed by atoms with van der Waals surface area (Å²) in [5.41, 5.74) is 0. The molecule has 78 valence electrons. The Bertz CT molecular complexity index is 123. The third kappa shape index (κ3) is 1.92. The predicted octanol–water partition coefficient (Wildman–Crippen LogP) is 4.49. The minimum absolute atomic E-state index is 1.11. The van der Waals surface area contributed by atoms with Crippen molar-refractivity contribution in [1.29, 1.82) is 0 Å². The molecule has 0 nitrogen and oxygen atoms in total. The van der Waals surface area contributed by atoms with Crippen LogP contribution in [0.25, 0.3) is 0 Å². The number of fused-ring (bicyclic) bond motifs is 2. The van der Waals surface area contributed by atoms with E-state index in [9.17, 15) is 0 Å². The fourth-order valence-corrected chi connectivity index (χ4v) is 3.80. The Hall–Kier alpha value is 0. The van der Waals surface area contributed by atoms with E-state index in [1.807, 2.05) is 13.8 Å². The van der Waals surface area contributed by atoms with Gasteiger partial charge < -0.3 is 0 Å². The Labute approximate surface area is 84.1 Å². The summed E-state index contributed by atoms with van der Waals surface area (Å²) in [6, 6.07) is 0. The second-order valence-corrected chi connectivity index (χ2v) is 4.48. The van der Waals surface area contributed by atoms with Crippen molar-refractivity contribution in [2.24, 2.45) is 23.7 Å². The van der Waals surface area contributed by atoms with E-state index in [1.165, 1.54) is 12.8 Å². The highest BCUT2D eigenvalue weighted by Crippen LogP contribution is 2.54. The smallest absolute Gasteiger partial charge is 0.0357 e. The van der Waals surface area contributed by atoms with Gasteiger partial charge in [0.25, 0.3) is 0 Å². The Balaban J connectivity index is 0.000000396. The summed E-state index contributed by atoms with van der Waals surface area (Å²) in [6.07, 6.45) is 7.58. The summed E-state index contributed by atoms with van der Waals surface area (Å²) in [5.74, 6) is 4.49. The molecule has 0 amide bonds. The van der Waals surface area contributed by atoms with Gasteiger partial charge in [0.2, 0.25) is 0 Å². The lowest BCUT2D eigenvalue weighted by Gasteiger charge is -2.29. The Kier molecular flexibility index (Phi) is 4.28. The molecule has 0 N–H and O–H groups in total. The summed E-state index contributed by atoms with van der Waals surface area (Å²) < 4.78 is 0. The van der Waals surface area contributed by atoms with Crippen molar-refractivity contribution in [3.63, 3.8) is 0 Å². The normalized spacial score (nSPS) is 41.5. The average molecular weight is 182 g/mol. The first-order valence-electron chi connectivity index (χ1n) is 6.36. The quantitative estimate of drug-likeness (QED) is 0.590. The summed E-state index contributed by atoms with van der Waals surface area (Å²) in [7, 11) is 0. The summed E-state index contributed by atoms with van der Waals surface area (Å²) >= 11 is 0. The highest BCUT2D eigenvalue weighted by atomic mass is 14.5. The summed E-state index contributed by atoms with van der Waals surface area (Å²) in [4.78, 5) is 0. The van der Waals surface area contributed by atoms with E-state index in [2.05, 4.69) is 13.8 Å². The molecule has 0 aliphatic heterocycles. The molecule has 2 rings (SSSR count). The molecular weight excluding hydrogens is 156 g/mol. The van der Waals surface area contributed by atoms with Gasteiger partial charge in [0.15, 0.2) is 0 Å². The molecule has 0 aromatic heterocycles. The molecule has 2 aliphatic rings. The van der Waals surface area contributed by atoms with Crippen molar-refractivity contribution in [2.75, 3.05) is 0 Å². The van der Waals surface area contributed by atoms with Gasteiger partial charge >= 0.3 is 0 Å². The van der Waals surface area contributed by atoms with Crippen LogP contribution < -0.4 is 0 Å². The first kappa shape index (κ1) is 11.1. The van der Waals surface area contributed by atoms with Crippen molar-refractivity contribution >= 4 is 0 Å². The molecule has 13 heavy (non-hydrogen) atoms. The van der Waals surface area contributed by atoms with Gasteiger partial charge in [-0.25, -0.2) is 0 Å². The van der Waals surface area contributed by atoms with Crippen molar-refractivity contribution in [3.8, 4) is 0 Å². The standard InChI is InChI=1S/C11H20.C2H6/c1-3-10-8-5-6-9(7-8)11(10)4-2;1-2/h8-11H,3-7H2,1-2H3;1-2H3. The van der Waals surface area contributed by atoms with Crippen LogP contribution in [-0.2, 0) is 0 Å². The van der Waals surface area contributed by atoms with Gasteiger partial charge in [-0.1, -0.05) is 40.5 Å². The van der Waals surface area contributed by atoms with Gasteiger partial charge in [0.05, 0.1) is 0 Å². The van der Waals surface area contributed by atoms with E-state index in [1.54, 1.807) is 19.3 Å². The van der Waals surface area contributed by atoms with Crippen molar-refractivity contribution < 1.29 is 0 Å². The molecule has 2 aliphatic carbocycles. The van der Waals surface area contributed by atoms with E-state index in [0.29, 0.717) is 0 Å². The minimum Gasteiger partial charge on any atom is -0.0683 e. The maximum Gasteiger partial charge on any atom is -0.0357 e. The van der Waals surface area contributed by atoms with Crippen LogP contribution in [0.15, 0.2) is 0 Å². The molecule has 0 spiro atoms. The largest absolute Gasteiger partial charge is 0.0683 e. The van der Waals surface area contributed by atoms with Crippen LogP contribution in [-0.4, -0.2) is 0 Å². The molecule has 0 radical (unpaired) electrons. The fourth-order valence-electron chi connectivity index (χ4n) is 3.80. The molecule has 0 aromatic rings. The fraction of sp³-hybridized carbons (Fsp3) is 1.00. The zero-order valence-corrected chi connectivity index (χ0v) is 9.84. The van der Waals surface area contributed by atoms with Crippen molar-refractivity contribution in [1.82, 2.24) is 0 Å². The van der Waals surface area contributed by atoms with E-state index in [4.69, 9.17) is 0 Å². The molecule has 0 aromatic carbocycles. The SMILES string of the molecule is CC.CCC1C2CCC(C2)C1CC. The molecule has 4 unspecified atom stereocenters. The van der Waals surface area contributed by atoms with Crippen LogP contribution in [0.1, 0.15) is 59.8 Å². The van der Waals surface area contributed by atoms with Crippen molar-refractivity contribution in [3.05, 3.63) is 0 Å². The van der Waals surface area contributed by atoms with Gasteiger partial charge in [0.1, 0.15) is 0 Å². The highest BCUT2D eigenvalue weighted by Gasteiger charge is 2.45. The molecule has 2 fully saturated rings. The van der Waals surface area contributed by atoms with Crippen LogP contribution in [0.4, 0.5) is 0 Å². The maximum absolute atomic E-state index is 2.38. The monoisotopic (exact) mass is 182 g/mol. The second kappa shape index (κ2) is 5.02. The predicted molar refractivity (Wildman–Crippen MR) is 59.7 cm³/mol. The second-order valence-electron chi connectivity index (χ2n) is 4.48. The van der Waals surface area contributed by atoms with E-state index in [0.717, 1.165) is 23.7 Å². The van der Waals surface area contributed by atoms with Crippen LogP contribution >= 0.6 is 0 Å². The number of hydrogen-bond acceptors (Lipinski definition) is 0. The third-order valence-electron chi connectivity index (χ3n) is 4.22. The molecule has 0 heterocycles. The van der Waals surface area contributed by atoms with E-state index in [-0.39, 0.29) is 0 Å². The van der Waals surface area contributed by atoms with Crippen LogP contribution in [0.3, 0.4) is 0 Å². The summed E-state index contributed by atoms with van der Waals surface area (Å²) in [6.45, 7) is 8.77. The van der Waals surface area contributed by atoms with Gasteiger partial charge in [-0.3, -0.25) is 0 Å². The molecule has 0 saturated heterocycles. The number of hydrogen-bond donors (Lipinski definition) is 0. The Morgan fingerprint density at radius 3 is 1.54 bits per heavy atom. The first-order valence-corrected chi connectivity index (χ1v) is 6.36. The molecular formula is C13H26. The van der Waals surface area contributed by atoms with Crippen molar-refractivity contribution in [2.45, 2.75) is 59.8 Å². The topological polar surface area (TPSA) is 0 Å². The molecule has 2 saturated carbocycles. The lowest BCUT2D eigenvalue weighted by molar-refractivity contribution is 0.209. The van der Waals surface area contributed by atoms with Crippen LogP contribution in [0, 0.1) is 23.7 Å². The van der Waals surface area contributed by atoms with Crippen LogP contribution in [0.2, 0.25) is 0 Å². The summed E-state index contributed by atoms with van der Waals surface area (Å²) in [5, 5.41) is 0. The lowest BCUT2D eigenvalue weighted by atomic mass is 9.77. The van der Waals surface area contributed by atoms with E-state index < -0.39 is 0 Å². The number of rotatable bonds is 2. The zero-order valence-electron chi connectivity index (χ0n) is 9.84. The third-order valence-corrected chi connectivity index (χ3v) is 4.22. The zero-order chi connectivity index (χ0) is 9.84. The van der Waals surface area contributed by atoms with E-state index >= 15 is 0 Å². The Morgan fingerprint density at radius 1 is 0.846 bits per heavy atom. The lowest BCUT2D eigenvalue weighted by Crippen LogP contribution is -2.20. The Morgan fingerprint density at radius 2 is 1.23 bits per heavy atom. The van der Waals surface area contributed by atoms with Gasteiger partial charge in [-0.05, 0) is 42.9 Å².